The Bertz CT molecular complexity index is 1640. The molecule has 1 fully saturated rings. The molecule has 4 atom stereocenters. The third-order valence-corrected chi connectivity index (χ3v) is 8.72. The number of halogens is 1. The number of carbonyl (C=O) groups excluding carboxylic acids is 2. The van der Waals surface area contributed by atoms with Gasteiger partial charge >= 0.3 is 11.9 Å². The summed E-state index contributed by atoms with van der Waals surface area (Å²) in [6.45, 7) is 0. The van der Waals surface area contributed by atoms with Gasteiger partial charge in [-0.1, -0.05) is 113 Å². The largest absolute Gasteiger partial charge is 0.468 e. The summed E-state index contributed by atoms with van der Waals surface area (Å²) >= 11 is 3.48. The van der Waals surface area contributed by atoms with Crippen molar-refractivity contribution in [1.29, 1.82) is 5.26 Å². The van der Waals surface area contributed by atoms with E-state index in [2.05, 4.69) is 22.0 Å². The Morgan fingerprint density at radius 3 is 2.07 bits per heavy atom. The van der Waals surface area contributed by atoms with Crippen LogP contribution in [0.5, 0.6) is 0 Å². The Hall–Kier alpha value is -4.67. The molecule has 7 heteroatoms. The van der Waals surface area contributed by atoms with Crippen molar-refractivity contribution in [2.45, 2.75) is 24.1 Å². The maximum Gasteiger partial charge on any atom is 0.330 e. The van der Waals surface area contributed by atoms with Crippen LogP contribution in [0.25, 0.3) is 6.08 Å². The van der Waals surface area contributed by atoms with Crippen LogP contribution in [0.4, 0.5) is 0 Å². The number of fused-ring (bicyclic) bond motifs is 3. The van der Waals surface area contributed by atoms with Gasteiger partial charge in [-0.25, -0.2) is 4.79 Å². The lowest BCUT2D eigenvalue weighted by Gasteiger charge is -2.36. The molecule has 0 amide bonds. The van der Waals surface area contributed by atoms with Crippen molar-refractivity contribution in [3.05, 3.63) is 148 Å². The summed E-state index contributed by atoms with van der Waals surface area (Å²) < 4.78 is 12.6. The van der Waals surface area contributed by atoms with Gasteiger partial charge in [-0.2, -0.15) is 5.26 Å². The maximum absolute atomic E-state index is 14.6. The maximum atomic E-state index is 14.6. The zero-order chi connectivity index (χ0) is 29.3. The van der Waals surface area contributed by atoms with Crippen LogP contribution in [0.15, 0.2) is 120 Å². The second-order valence-corrected chi connectivity index (χ2v) is 11.3. The lowest BCUT2D eigenvalue weighted by Crippen LogP contribution is -2.41. The lowest BCUT2D eigenvalue weighted by atomic mass is 9.67. The van der Waals surface area contributed by atoms with Crippen molar-refractivity contribution in [3.8, 4) is 6.07 Å². The number of hydrogen-bond acceptors (Lipinski definition) is 6. The van der Waals surface area contributed by atoms with Crippen LogP contribution in [0, 0.1) is 16.7 Å². The summed E-state index contributed by atoms with van der Waals surface area (Å²) in [5, 5.41) is 10.9. The van der Waals surface area contributed by atoms with Crippen LogP contribution in [0.1, 0.15) is 45.9 Å². The summed E-state index contributed by atoms with van der Waals surface area (Å²) in [6.07, 6.45) is 3.01. The summed E-state index contributed by atoms with van der Waals surface area (Å²) in [7, 11) is 1.28. The van der Waals surface area contributed by atoms with E-state index in [4.69, 9.17) is 9.47 Å². The minimum Gasteiger partial charge on any atom is -0.468 e. The highest BCUT2D eigenvalue weighted by Gasteiger charge is 2.68. The zero-order valence-electron chi connectivity index (χ0n) is 22.8. The molecule has 0 unspecified atom stereocenters. The van der Waals surface area contributed by atoms with Gasteiger partial charge in [-0.3, -0.25) is 4.79 Å². The third-order valence-electron chi connectivity index (χ3n) is 8.19. The fraction of sp³-hybridized carbons (Fsp3) is 0.171. The Labute approximate surface area is 252 Å². The molecule has 0 bridgehead atoms. The Kier molecular flexibility index (Phi) is 7.40. The molecule has 42 heavy (non-hydrogen) atoms. The number of methoxy groups -OCH3 is 1. The summed E-state index contributed by atoms with van der Waals surface area (Å²) in [4.78, 5) is 30.2. The summed E-state index contributed by atoms with van der Waals surface area (Å²) in [6, 6.07) is 34.6. The highest BCUT2D eigenvalue weighted by Crippen LogP contribution is 2.60. The molecule has 2 aliphatic rings. The quantitative estimate of drug-likeness (QED) is 0.217. The number of benzene rings is 4. The average Bonchev–Trinajstić information content (AvgIpc) is 3.36. The predicted octanol–water partition coefficient (Wildman–Crippen LogP) is 6.96. The van der Waals surface area contributed by atoms with Gasteiger partial charge in [0.2, 0.25) is 0 Å². The van der Waals surface area contributed by atoms with E-state index >= 15 is 0 Å². The molecule has 4 aromatic carbocycles. The molecule has 1 saturated heterocycles. The van der Waals surface area contributed by atoms with E-state index < -0.39 is 41.5 Å². The standard InChI is InChI=1S/C35H27BrN2O4/c1-41-34(40)35(22-37)29(24-16-18-27(36)19-17-24)30(38-21-20-23-10-8-9-15-28(23)32(35)38)33(39)42-31(25-11-4-2-5-12-25)26-13-6-3-7-14-26/h2-21,29-32H,1H3/t29-,30-,32-,35+/m1/s1. The van der Waals surface area contributed by atoms with Crippen molar-refractivity contribution in [3.63, 3.8) is 0 Å². The molecular weight excluding hydrogens is 592 g/mol. The van der Waals surface area contributed by atoms with Crippen molar-refractivity contribution in [2.75, 3.05) is 7.11 Å². The van der Waals surface area contributed by atoms with E-state index in [1.807, 2.05) is 120 Å². The van der Waals surface area contributed by atoms with Crippen LogP contribution in [0.2, 0.25) is 0 Å². The third kappa shape index (κ3) is 4.49. The Morgan fingerprint density at radius 1 is 0.881 bits per heavy atom. The number of esters is 2. The molecule has 0 aliphatic carbocycles. The van der Waals surface area contributed by atoms with E-state index in [1.165, 1.54) is 7.11 Å². The first-order valence-corrected chi connectivity index (χ1v) is 14.4. The molecule has 2 heterocycles. The number of ether oxygens (including phenoxy) is 2. The molecule has 208 valence electrons. The number of carbonyl (C=O) groups is 2. The lowest BCUT2D eigenvalue weighted by molar-refractivity contribution is -0.153. The smallest absolute Gasteiger partial charge is 0.330 e. The van der Waals surface area contributed by atoms with Crippen molar-refractivity contribution in [2.24, 2.45) is 5.41 Å². The fourth-order valence-electron chi connectivity index (χ4n) is 6.38. The van der Waals surface area contributed by atoms with Gasteiger partial charge in [0.15, 0.2) is 11.5 Å². The van der Waals surface area contributed by atoms with Crippen molar-refractivity contribution < 1.29 is 19.1 Å². The SMILES string of the molecule is COC(=O)[C@@]1(C#N)[C@H](c2ccc(Br)cc2)[C@H](C(=O)OC(c2ccccc2)c2ccccc2)N2C=Cc3ccccc3[C@@H]21. The molecule has 0 spiro atoms. The molecule has 0 aromatic heterocycles. The van der Waals surface area contributed by atoms with E-state index in [0.717, 1.165) is 26.7 Å². The van der Waals surface area contributed by atoms with Crippen LogP contribution < -0.4 is 0 Å². The zero-order valence-corrected chi connectivity index (χ0v) is 24.3. The van der Waals surface area contributed by atoms with E-state index in [1.54, 1.807) is 6.20 Å². The molecule has 0 saturated carbocycles. The molecule has 6 nitrogen and oxygen atoms in total. The topological polar surface area (TPSA) is 79.6 Å². The highest BCUT2D eigenvalue weighted by molar-refractivity contribution is 9.10. The summed E-state index contributed by atoms with van der Waals surface area (Å²) in [5.41, 5.74) is 2.17. The number of nitriles is 1. The second kappa shape index (κ2) is 11.3. The Balaban J connectivity index is 1.54. The number of hydrogen-bond donors (Lipinski definition) is 0. The predicted molar refractivity (Wildman–Crippen MR) is 162 cm³/mol. The van der Waals surface area contributed by atoms with Gasteiger partial charge < -0.3 is 14.4 Å². The van der Waals surface area contributed by atoms with Gasteiger partial charge in [0.25, 0.3) is 0 Å². The van der Waals surface area contributed by atoms with Crippen molar-refractivity contribution >= 4 is 33.9 Å². The van der Waals surface area contributed by atoms with Crippen LogP contribution in [-0.2, 0) is 19.1 Å². The van der Waals surface area contributed by atoms with E-state index in [-0.39, 0.29) is 0 Å². The van der Waals surface area contributed by atoms with Crippen LogP contribution in [-0.4, -0.2) is 30.0 Å². The fourth-order valence-corrected chi connectivity index (χ4v) is 6.64. The molecule has 0 radical (unpaired) electrons. The van der Waals surface area contributed by atoms with Crippen molar-refractivity contribution in [1.82, 2.24) is 4.90 Å². The molecular formula is C35H27BrN2O4. The van der Waals surface area contributed by atoms with Gasteiger partial charge in [0.05, 0.1) is 19.2 Å². The minimum absolute atomic E-state index is 0.546. The van der Waals surface area contributed by atoms with Crippen LogP contribution in [0.3, 0.4) is 0 Å². The van der Waals surface area contributed by atoms with Gasteiger partial charge in [0.1, 0.15) is 6.04 Å². The first kappa shape index (κ1) is 27.5. The molecule has 0 N–H and O–H groups in total. The van der Waals surface area contributed by atoms with Gasteiger partial charge in [0, 0.05) is 16.6 Å². The number of nitrogens with zero attached hydrogens (tertiary/aromatic N) is 2. The molecule has 6 rings (SSSR count). The monoisotopic (exact) mass is 618 g/mol. The van der Waals surface area contributed by atoms with Gasteiger partial charge in [-0.15, -0.1) is 0 Å². The normalized spacial score (nSPS) is 22.1. The average molecular weight is 620 g/mol. The van der Waals surface area contributed by atoms with E-state index in [0.29, 0.717) is 5.56 Å². The van der Waals surface area contributed by atoms with Gasteiger partial charge in [-0.05, 0) is 46.0 Å². The molecule has 2 aliphatic heterocycles. The first-order chi connectivity index (χ1) is 20.5. The summed E-state index contributed by atoms with van der Waals surface area (Å²) in [5.74, 6) is -2.14. The first-order valence-electron chi connectivity index (χ1n) is 13.6. The number of rotatable bonds is 6. The Morgan fingerprint density at radius 2 is 1.48 bits per heavy atom. The van der Waals surface area contributed by atoms with Crippen LogP contribution >= 0.6 is 15.9 Å². The highest BCUT2D eigenvalue weighted by atomic mass is 79.9. The second-order valence-electron chi connectivity index (χ2n) is 10.4. The van der Waals surface area contributed by atoms with E-state index in [9.17, 15) is 14.9 Å². The molecule has 4 aromatic rings. The minimum atomic E-state index is -1.75.